The molecule has 2 amide bonds. The summed E-state index contributed by atoms with van der Waals surface area (Å²) in [6.07, 6.45) is 0.912. The van der Waals surface area contributed by atoms with Crippen LogP contribution in [0.15, 0.2) is 72.4 Å². The summed E-state index contributed by atoms with van der Waals surface area (Å²) in [6.45, 7) is 8.64. The molecule has 1 aliphatic heterocycles. The molecule has 0 spiro atoms. The summed E-state index contributed by atoms with van der Waals surface area (Å²) >= 11 is 0. The predicted octanol–water partition coefficient (Wildman–Crippen LogP) is 5.80. The van der Waals surface area contributed by atoms with Crippen LogP contribution in [0.5, 0.6) is 5.75 Å². The highest BCUT2D eigenvalue weighted by molar-refractivity contribution is 6.46. The number of ether oxygens (including phenoxy) is 1. The fourth-order valence-corrected chi connectivity index (χ4v) is 3.87. The fraction of sp³-hybridized carbons (Fsp3) is 0.214. The molecule has 0 bridgehead atoms. The molecular formula is C28H28N2O3. The Bertz CT molecular complexity index is 1230. The fourth-order valence-electron chi connectivity index (χ4n) is 3.87. The molecule has 5 heteroatoms. The maximum Gasteiger partial charge on any atom is 0.282 e. The van der Waals surface area contributed by atoms with Crippen molar-refractivity contribution in [2.45, 2.75) is 34.1 Å². The number of anilines is 2. The van der Waals surface area contributed by atoms with Gasteiger partial charge in [0.1, 0.15) is 11.4 Å². The second kappa shape index (κ2) is 9.33. The normalized spacial score (nSPS) is 13.6. The van der Waals surface area contributed by atoms with Gasteiger partial charge in [0, 0.05) is 5.69 Å². The van der Waals surface area contributed by atoms with Crippen molar-refractivity contribution in [3.8, 4) is 5.75 Å². The van der Waals surface area contributed by atoms with E-state index >= 15 is 0 Å². The van der Waals surface area contributed by atoms with Crippen LogP contribution in [-0.2, 0) is 9.59 Å². The Morgan fingerprint density at radius 3 is 2.12 bits per heavy atom. The van der Waals surface area contributed by atoms with Crippen molar-refractivity contribution in [1.29, 1.82) is 0 Å². The van der Waals surface area contributed by atoms with E-state index < -0.39 is 0 Å². The van der Waals surface area contributed by atoms with E-state index in [4.69, 9.17) is 4.74 Å². The molecule has 0 aromatic heterocycles. The second-order valence-electron chi connectivity index (χ2n) is 8.35. The summed E-state index contributed by atoms with van der Waals surface area (Å²) < 4.78 is 5.68. The molecule has 0 saturated heterocycles. The number of imide groups is 1. The molecule has 1 heterocycles. The van der Waals surface area contributed by atoms with Crippen molar-refractivity contribution in [3.05, 3.63) is 94.7 Å². The van der Waals surface area contributed by atoms with E-state index in [-0.39, 0.29) is 17.5 Å². The van der Waals surface area contributed by atoms with E-state index in [2.05, 4.69) is 5.32 Å². The van der Waals surface area contributed by atoms with Gasteiger partial charge in [-0.2, -0.15) is 0 Å². The second-order valence-corrected chi connectivity index (χ2v) is 8.35. The van der Waals surface area contributed by atoms with Crippen molar-refractivity contribution in [2.75, 3.05) is 16.8 Å². The predicted molar refractivity (Wildman–Crippen MR) is 132 cm³/mol. The molecule has 168 valence electrons. The molecule has 0 saturated carbocycles. The molecule has 1 aliphatic rings. The minimum atomic E-state index is -0.370. The Hall–Kier alpha value is -3.86. The zero-order chi connectivity index (χ0) is 23.5. The van der Waals surface area contributed by atoms with Crippen LogP contribution >= 0.6 is 0 Å². The van der Waals surface area contributed by atoms with Crippen LogP contribution in [0.4, 0.5) is 11.4 Å². The number of nitrogens with one attached hydrogen (secondary N) is 1. The first-order chi connectivity index (χ1) is 15.9. The zero-order valence-electron chi connectivity index (χ0n) is 19.4. The Morgan fingerprint density at radius 2 is 1.48 bits per heavy atom. The van der Waals surface area contributed by atoms with Crippen molar-refractivity contribution in [2.24, 2.45) is 0 Å². The van der Waals surface area contributed by atoms with Gasteiger partial charge in [-0.1, -0.05) is 54.4 Å². The van der Waals surface area contributed by atoms with Crippen LogP contribution in [0.25, 0.3) is 5.57 Å². The summed E-state index contributed by atoms with van der Waals surface area (Å²) in [5.41, 5.74) is 5.82. The molecule has 1 N–H and O–H groups in total. The molecule has 3 aromatic carbocycles. The van der Waals surface area contributed by atoms with Gasteiger partial charge in [-0.05, 0) is 68.7 Å². The van der Waals surface area contributed by atoms with Gasteiger partial charge in [0.2, 0.25) is 0 Å². The van der Waals surface area contributed by atoms with Gasteiger partial charge < -0.3 is 10.1 Å². The van der Waals surface area contributed by atoms with Crippen molar-refractivity contribution >= 4 is 28.8 Å². The minimum absolute atomic E-state index is 0.273. The number of carbonyl (C=O) groups is 2. The van der Waals surface area contributed by atoms with Crippen LogP contribution in [0, 0.1) is 20.8 Å². The quantitative estimate of drug-likeness (QED) is 0.472. The van der Waals surface area contributed by atoms with Crippen LogP contribution in [0.2, 0.25) is 0 Å². The smallest absolute Gasteiger partial charge is 0.282 e. The van der Waals surface area contributed by atoms with E-state index in [1.807, 2.05) is 82.3 Å². The maximum absolute atomic E-state index is 13.6. The first kappa shape index (κ1) is 22.3. The van der Waals surface area contributed by atoms with Crippen LogP contribution in [0.3, 0.4) is 0 Å². The molecule has 3 aromatic rings. The molecular weight excluding hydrogens is 412 g/mol. The Morgan fingerprint density at radius 1 is 0.818 bits per heavy atom. The Balaban J connectivity index is 1.77. The van der Waals surface area contributed by atoms with Gasteiger partial charge in [0.15, 0.2) is 0 Å². The lowest BCUT2D eigenvalue weighted by Crippen LogP contribution is -2.32. The largest absolute Gasteiger partial charge is 0.494 e. The minimum Gasteiger partial charge on any atom is -0.494 e. The highest BCUT2D eigenvalue weighted by Crippen LogP contribution is 2.35. The summed E-state index contributed by atoms with van der Waals surface area (Å²) in [5.74, 6) is 0.0146. The van der Waals surface area contributed by atoms with E-state index in [1.165, 1.54) is 4.90 Å². The summed E-state index contributed by atoms with van der Waals surface area (Å²) in [6, 6.07) is 20.7. The van der Waals surface area contributed by atoms with E-state index in [0.29, 0.717) is 23.4 Å². The zero-order valence-corrected chi connectivity index (χ0v) is 19.4. The molecule has 5 nitrogen and oxygen atoms in total. The van der Waals surface area contributed by atoms with Crippen LogP contribution < -0.4 is 15.0 Å². The number of carbonyl (C=O) groups excluding carboxylic acids is 2. The molecule has 0 atom stereocenters. The monoisotopic (exact) mass is 440 g/mol. The van der Waals surface area contributed by atoms with Gasteiger partial charge >= 0.3 is 0 Å². The molecule has 0 unspecified atom stereocenters. The first-order valence-electron chi connectivity index (χ1n) is 11.2. The van der Waals surface area contributed by atoms with Crippen molar-refractivity contribution in [1.82, 2.24) is 0 Å². The number of hydrogen-bond acceptors (Lipinski definition) is 4. The summed E-state index contributed by atoms with van der Waals surface area (Å²) in [5, 5.41) is 3.26. The van der Waals surface area contributed by atoms with E-state index in [9.17, 15) is 9.59 Å². The number of benzene rings is 3. The number of nitrogens with zero attached hydrogens (tertiary/aromatic N) is 1. The first-order valence-corrected chi connectivity index (χ1v) is 11.2. The standard InChI is InChI=1S/C28H28N2O3/c1-5-16-33-23-13-9-21(10-14-23)25-26(29-24-15-8-19(3)17-20(24)4)28(32)30(27(25)31)22-11-6-18(2)7-12-22/h6-15,17,29H,5,16H2,1-4H3. The molecule has 0 aliphatic carbocycles. The Kier molecular flexibility index (Phi) is 6.31. The number of rotatable bonds is 7. The lowest BCUT2D eigenvalue weighted by molar-refractivity contribution is -0.120. The molecule has 0 fully saturated rings. The third-order valence-electron chi connectivity index (χ3n) is 5.63. The average molecular weight is 441 g/mol. The highest BCUT2D eigenvalue weighted by Gasteiger charge is 2.40. The van der Waals surface area contributed by atoms with Crippen molar-refractivity contribution < 1.29 is 14.3 Å². The molecule has 4 rings (SSSR count). The van der Waals surface area contributed by atoms with Crippen LogP contribution in [0.1, 0.15) is 35.6 Å². The SMILES string of the molecule is CCCOc1ccc(C2=C(Nc3ccc(C)cc3C)C(=O)N(c3ccc(C)cc3)C2=O)cc1. The number of amides is 2. The topological polar surface area (TPSA) is 58.6 Å². The third kappa shape index (κ3) is 4.53. The van der Waals surface area contributed by atoms with Gasteiger partial charge in [-0.25, -0.2) is 4.90 Å². The van der Waals surface area contributed by atoms with Crippen molar-refractivity contribution in [3.63, 3.8) is 0 Å². The third-order valence-corrected chi connectivity index (χ3v) is 5.63. The van der Waals surface area contributed by atoms with Gasteiger partial charge in [0.25, 0.3) is 11.8 Å². The Labute approximate surface area is 194 Å². The molecule has 33 heavy (non-hydrogen) atoms. The number of aryl methyl sites for hydroxylation is 3. The summed E-state index contributed by atoms with van der Waals surface area (Å²) in [7, 11) is 0. The lowest BCUT2D eigenvalue weighted by Gasteiger charge is -2.16. The molecule has 0 radical (unpaired) electrons. The average Bonchev–Trinajstić information content (AvgIpc) is 3.04. The maximum atomic E-state index is 13.6. The highest BCUT2D eigenvalue weighted by atomic mass is 16.5. The lowest BCUT2D eigenvalue weighted by atomic mass is 10.0. The number of hydrogen-bond donors (Lipinski definition) is 1. The van der Waals surface area contributed by atoms with E-state index in [1.54, 1.807) is 12.1 Å². The van der Waals surface area contributed by atoms with Gasteiger partial charge in [-0.15, -0.1) is 0 Å². The van der Waals surface area contributed by atoms with Crippen LogP contribution in [-0.4, -0.2) is 18.4 Å². The van der Waals surface area contributed by atoms with Gasteiger partial charge in [-0.3, -0.25) is 9.59 Å². The van der Waals surface area contributed by atoms with E-state index in [0.717, 1.165) is 34.5 Å². The summed E-state index contributed by atoms with van der Waals surface area (Å²) in [4.78, 5) is 28.3. The van der Waals surface area contributed by atoms with Gasteiger partial charge in [0.05, 0.1) is 17.9 Å².